The number of nitrogens with zero attached hydrogens (tertiary/aromatic N) is 3. The van der Waals surface area contributed by atoms with E-state index in [4.69, 9.17) is 5.14 Å². The van der Waals surface area contributed by atoms with Crippen LogP contribution in [0.1, 0.15) is 19.4 Å². The Kier molecular flexibility index (Phi) is 5.85. The number of nitrogens with two attached hydrogens (primary N) is 1. The van der Waals surface area contributed by atoms with Crippen molar-refractivity contribution in [1.29, 1.82) is 0 Å². The maximum atomic E-state index is 12.3. The summed E-state index contributed by atoms with van der Waals surface area (Å²) in [4.78, 5) is 8.15. The SMILES string of the molecule is CC1(C)CN(c2ccc(OC(F)(F)F)cc2)CN1Cc1ccnc(NS(N)(=O)=O)c1. The molecule has 1 saturated heterocycles. The molecule has 1 aromatic carbocycles. The van der Waals surface area contributed by atoms with Crippen molar-refractivity contribution >= 4 is 21.7 Å². The fourth-order valence-corrected chi connectivity index (χ4v) is 3.71. The summed E-state index contributed by atoms with van der Waals surface area (Å²) in [5.41, 5.74) is 1.37. The number of halogens is 3. The van der Waals surface area contributed by atoms with Gasteiger partial charge in [-0.2, -0.15) is 8.42 Å². The topological polar surface area (TPSA) is 101 Å². The summed E-state index contributed by atoms with van der Waals surface area (Å²) in [5.74, 6) is -0.141. The van der Waals surface area contributed by atoms with E-state index in [2.05, 4.69) is 33.2 Å². The van der Waals surface area contributed by atoms with Gasteiger partial charge in [0, 0.05) is 30.5 Å². The zero-order valence-corrected chi connectivity index (χ0v) is 17.2. The second-order valence-corrected chi connectivity index (χ2v) is 8.88. The minimum absolute atomic E-state index is 0.129. The van der Waals surface area contributed by atoms with Gasteiger partial charge in [0.1, 0.15) is 11.6 Å². The van der Waals surface area contributed by atoms with E-state index in [1.165, 1.54) is 18.3 Å². The lowest BCUT2D eigenvalue weighted by Gasteiger charge is -2.29. The van der Waals surface area contributed by atoms with Crippen molar-refractivity contribution in [2.45, 2.75) is 32.3 Å². The number of hydrogen-bond donors (Lipinski definition) is 2. The van der Waals surface area contributed by atoms with Gasteiger partial charge in [0.05, 0.1) is 6.67 Å². The molecule has 0 unspecified atom stereocenters. The zero-order chi connectivity index (χ0) is 22.2. The van der Waals surface area contributed by atoms with E-state index >= 15 is 0 Å². The van der Waals surface area contributed by atoms with Crippen LogP contribution in [-0.4, -0.2) is 43.4 Å². The van der Waals surface area contributed by atoms with E-state index in [0.29, 0.717) is 19.8 Å². The van der Waals surface area contributed by atoms with Gasteiger partial charge in [-0.1, -0.05) is 0 Å². The van der Waals surface area contributed by atoms with Crippen LogP contribution in [0.15, 0.2) is 42.6 Å². The Morgan fingerprint density at radius 3 is 2.50 bits per heavy atom. The number of ether oxygens (including phenoxy) is 1. The molecule has 0 saturated carbocycles. The van der Waals surface area contributed by atoms with E-state index in [-0.39, 0.29) is 17.1 Å². The summed E-state index contributed by atoms with van der Waals surface area (Å²) < 4.78 is 65.5. The van der Waals surface area contributed by atoms with Crippen molar-refractivity contribution in [2.75, 3.05) is 22.8 Å². The quantitative estimate of drug-likeness (QED) is 0.709. The van der Waals surface area contributed by atoms with Gasteiger partial charge < -0.3 is 9.64 Å². The Morgan fingerprint density at radius 1 is 1.23 bits per heavy atom. The number of rotatable bonds is 6. The third-order valence-corrected chi connectivity index (χ3v) is 5.15. The molecule has 0 atom stereocenters. The molecule has 2 heterocycles. The Bertz CT molecular complexity index is 997. The second-order valence-electron chi connectivity index (χ2n) is 7.59. The van der Waals surface area contributed by atoms with Crippen LogP contribution in [0, 0.1) is 0 Å². The molecule has 3 rings (SSSR count). The van der Waals surface area contributed by atoms with Crippen LogP contribution in [0.5, 0.6) is 5.75 Å². The molecule has 8 nitrogen and oxygen atoms in total. The second kappa shape index (κ2) is 7.93. The van der Waals surface area contributed by atoms with Crippen LogP contribution in [-0.2, 0) is 16.8 Å². The lowest BCUT2D eigenvalue weighted by molar-refractivity contribution is -0.274. The third kappa shape index (κ3) is 5.97. The first-order chi connectivity index (χ1) is 13.8. The number of nitrogens with one attached hydrogen (secondary N) is 1. The standard InChI is InChI=1S/C18H22F3N5O3S/c1-17(2)11-25(14-3-5-15(6-4-14)29-18(19,20)21)12-26(17)10-13-7-8-23-16(9-13)24-30(22,27)28/h3-9H,10-12H2,1-2H3,(H,23,24)(H2,22,27,28). The molecule has 164 valence electrons. The fraction of sp³-hybridized carbons (Fsp3) is 0.389. The maximum absolute atomic E-state index is 12.3. The number of aromatic nitrogens is 1. The lowest BCUT2D eigenvalue weighted by Crippen LogP contribution is -2.39. The molecule has 1 aromatic heterocycles. The molecular weight excluding hydrogens is 423 g/mol. The van der Waals surface area contributed by atoms with Crippen molar-refractivity contribution in [3.63, 3.8) is 0 Å². The van der Waals surface area contributed by atoms with Crippen molar-refractivity contribution in [2.24, 2.45) is 5.14 Å². The van der Waals surface area contributed by atoms with E-state index in [0.717, 1.165) is 11.3 Å². The van der Waals surface area contributed by atoms with Crippen LogP contribution in [0.25, 0.3) is 0 Å². The summed E-state index contributed by atoms with van der Waals surface area (Å²) in [6.07, 6.45) is -3.24. The summed E-state index contributed by atoms with van der Waals surface area (Å²) in [6.45, 7) is 5.81. The molecule has 0 radical (unpaired) electrons. The first-order valence-corrected chi connectivity index (χ1v) is 10.5. The molecule has 1 aliphatic heterocycles. The van der Waals surface area contributed by atoms with Crippen molar-refractivity contribution in [3.05, 3.63) is 48.2 Å². The van der Waals surface area contributed by atoms with E-state index in [9.17, 15) is 21.6 Å². The van der Waals surface area contributed by atoms with Crippen molar-refractivity contribution in [3.8, 4) is 5.75 Å². The molecule has 12 heteroatoms. The molecule has 30 heavy (non-hydrogen) atoms. The molecule has 3 N–H and O–H groups in total. The molecule has 0 spiro atoms. The predicted octanol–water partition coefficient (Wildman–Crippen LogP) is 2.65. The van der Waals surface area contributed by atoms with Crippen LogP contribution in [0.2, 0.25) is 0 Å². The number of benzene rings is 1. The highest BCUT2D eigenvalue weighted by Gasteiger charge is 2.37. The highest BCUT2D eigenvalue weighted by Crippen LogP contribution is 2.32. The van der Waals surface area contributed by atoms with Gasteiger partial charge in [-0.15, -0.1) is 13.2 Å². The maximum Gasteiger partial charge on any atom is 0.573 e. The molecule has 1 fully saturated rings. The molecule has 0 aliphatic carbocycles. The van der Waals surface area contributed by atoms with Crippen molar-refractivity contribution in [1.82, 2.24) is 9.88 Å². The molecule has 2 aromatic rings. The largest absolute Gasteiger partial charge is 0.573 e. The van der Waals surface area contributed by atoms with Gasteiger partial charge in [0.25, 0.3) is 10.2 Å². The number of hydrogen-bond acceptors (Lipinski definition) is 6. The highest BCUT2D eigenvalue weighted by molar-refractivity contribution is 7.90. The average molecular weight is 445 g/mol. The minimum atomic E-state index is -4.73. The Hall–Kier alpha value is -2.57. The summed E-state index contributed by atoms with van der Waals surface area (Å²) >= 11 is 0. The van der Waals surface area contributed by atoms with Gasteiger partial charge >= 0.3 is 6.36 Å². The first-order valence-electron chi connectivity index (χ1n) is 8.92. The third-order valence-electron chi connectivity index (χ3n) is 4.66. The lowest BCUT2D eigenvalue weighted by atomic mass is 10.0. The summed E-state index contributed by atoms with van der Waals surface area (Å²) in [7, 11) is -3.92. The minimum Gasteiger partial charge on any atom is -0.406 e. The van der Waals surface area contributed by atoms with E-state index in [1.807, 2.05) is 4.90 Å². The van der Waals surface area contributed by atoms with Gasteiger partial charge in [-0.05, 0) is 55.8 Å². The fourth-order valence-electron chi connectivity index (χ4n) is 3.30. The summed E-state index contributed by atoms with van der Waals surface area (Å²) in [6, 6.07) is 9.12. The average Bonchev–Trinajstić information content (AvgIpc) is 2.87. The first kappa shape index (κ1) is 22.1. The van der Waals surface area contributed by atoms with Gasteiger partial charge in [-0.3, -0.25) is 9.62 Å². The molecule has 0 bridgehead atoms. The number of pyridine rings is 1. The monoisotopic (exact) mass is 445 g/mol. The number of alkyl halides is 3. The Morgan fingerprint density at radius 2 is 1.90 bits per heavy atom. The highest BCUT2D eigenvalue weighted by atomic mass is 32.2. The van der Waals surface area contributed by atoms with Gasteiger partial charge in [-0.25, -0.2) is 10.1 Å². The van der Waals surface area contributed by atoms with Crippen LogP contribution < -0.4 is 19.5 Å². The van der Waals surface area contributed by atoms with E-state index < -0.39 is 16.6 Å². The molecular formula is C18H22F3N5O3S. The van der Waals surface area contributed by atoms with Gasteiger partial charge in [0.2, 0.25) is 0 Å². The van der Waals surface area contributed by atoms with Crippen LogP contribution >= 0.6 is 0 Å². The Balaban J connectivity index is 1.71. The van der Waals surface area contributed by atoms with Crippen molar-refractivity contribution < 1.29 is 26.3 Å². The molecule has 1 aliphatic rings. The Labute approximate surface area is 172 Å². The molecule has 0 amide bonds. The normalized spacial score (nSPS) is 17.2. The van der Waals surface area contributed by atoms with Crippen LogP contribution in [0.4, 0.5) is 24.7 Å². The van der Waals surface area contributed by atoms with Gasteiger partial charge in [0.15, 0.2) is 0 Å². The predicted molar refractivity (Wildman–Crippen MR) is 106 cm³/mol. The summed E-state index contributed by atoms with van der Waals surface area (Å²) in [5, 5.41) is 4.98. The van der Waals surface area contributed by atoms with Crippen LogP contribution in [0.3, 0.4) is 0 Å². The zero-order valence-electron chi connectivity index (χ0n) is 16.3. The van der Waals surface area contributed by atoms with E-state index in [1.54, 1.807) is 24.3 Å². The smallest absolute Gasteiger partial charge is 0.406 e. The number of anilines is 2.